The van der Waals surface area contributed by atoms with E-state index in [4.69, 9.17) is 0 Å². The first-order chi connectivity index (χ1) is 15.8. The predicted molar refractivity (Wildman–Crippen MR) is 125 cm³/mol. The standard InChI is InChI=1S/C23H17N5O4S/c1-33(31,32)27-15-9-7-14(8-10-15)20-13-17(23(29)30)21-18(24-20)11-12-19-22(21)26-28(25-19)16-5-3-2-4-6-16/h2-13,27H,1H3,(H,29,30). The molecule has 5 aromatic rings. The molecule has 0 aliphatic rings. The van der Waals surface area contributed by atoms with Crippen molar-refractivity contribution in [3.8, 4) is 16.9 Å². The summed E-state index contributed by atoms with van der Waals surface area (Å²) in [6.45, 7) is 0. The van der Waals surface area contributed by atoms with E-state index in [0.717, 1.165) is 11.9 Å². The number of anilines is 1. The summed E-state index contributed by atoms with van der Waals surface area (Å²) < 4.78 is 25.2. The van der Waals surface area contributed by atoms with E-state index in [1.165, 1.54) is 10.9 Å². The van der Waals surface area contributed by atoms with Crippen LogP contribution in [0.4, 0.5) is 5.69 Å². The van der Waals surface area contributed by atoms with Crippen LogP contribution in [-0.4, -0.2) is 45.7 Å². The van der Waals surface area contributed by atoms with Crippen molar-refractivity contribution in [2.45, 2.75) is 0 Å². The second-order valence-electron chi connectivity index (χ2n) is 7.46. The highest BCUT2D eigenvalue weighted by atomic mass is 32.2. The van der Waals surface area contributed by atoms with E-state index in [0.29, 0.717) is 38.9 Å². The number of aromatic carboxylic acids is 1. The fourth-order valence-corrected chi connectivity index (χ4v) is 4.18. The lowest BCUT2D eigenvalue weighted by molar-refractivity contribution is 0.0699. The first kappa shape index (κ1) is 20.6. The summed E-state index contributed by atoms with van der Waals surface area (Å²) in [5, 5.41) is 19.4. The molecule has 164 valence electrons. The van der Waals surface area contributed by atoms with Crippen LogP contribution in [0.5, 0.6) is 0 Å². The molecule has 0 bridgehead atoms. The Morgan fingerprint density at radius 2 is 1.64 bits per heavy atom. The first-order valence-electron chi connectivity index (χ1n) is 9.86. The summed E-state index contributed by atoms with van der Waals surface area (Å²) in [7, 11) is -3.40. The lowest BCUT2D eigenvalue weighted by Gasteiger charge is -2.09. The summed E-state index contributed by atoms with van der Waals surface area (Å²) in [6.07, 6.45) is 1.07. The molecular weight excluding hydrogens is 442 g/mol. The molecule has 0 amide bonds. The monoisotopic (exact) mass is 459 g/mol. The number of carbonyl (C=O) groups is 1. The maximum Gasteiger partial charge on any atom is 0.336 e. The third-order valence-electron chi connectivity index (χ3n) is 5.02. The number of hydrogen-bond donors (Lipinski definition) is 2. The zero-order valence-corrected chi connectivity index (χ0v) is 18.1. The minimum atomic E-state index is -3.40. The number of carboxylic acids is 1. The van der Waals surface area contributed by atoms with Gasteiger partial charge in [-0.3, -0.25) is 4.72 Å². The number of rotatable bonds is 5. The third-order valence-corrected chi connectivity index (χ3v) is 5.63. The van der Waals surface area contributed by atoms with Crippen LogP contribution in [0.25, 0.3) is 38.9 Å². The lowest BCUT2D eigenvalue weighted by Crippen LogP contribution is -2.09. The number of aromatic nitrogens is 4. The van der Waals surface area contributed by atoms with E-state index in [2.05, 4.69) is 19.9 Å². The maximum atomic E-state index is 12.2. The van der Waals surface area contributed by atoms with Crippen molar-refractivity contribution in [3.05, 3.63) is 78.4 Å². The molecule has 0 unspecified atom stereocenters. The van der Waals surface area contributed by atoms with Gasteiger partial charge in [0.1, 0.15) is 11.0 Å². The molecule has 0 saturated carbocycles. The number of nitrogens with zero attached hydrogens (tertiary/aromatic N) is 4. The molecule has 5 rings (SSSR count). The number of sulfonamides is 1. The quantitative estimate of drug-likeness (QED) is 0.410. The smallest absolute Gasteiger partial charge is 0.336 e. The Morgan fingerprint density at radius 1 is 0.939 bits per heavy atom. The second-order valence-corrected chi connectivity index (χ2v) is 9.21. The Kier molecular flexibility index (Phi) is 4.79. The van der Waals surface area contributed by atoms with Crippen molar-refractivity contribution < 1.29 is 18.3 Å². The van der Waals surface area contributed by atoms with Crippen molar-refractivity contribution in [1.82, 2.24) is 20.0 Å². The second kappa shape index (κ2) is 7.68. The van der Waals surface area contributed by atoms with Crippen molar-refractivity contribution in [2.24, 2.45) is 0 Å². The van der Waals surface area contributed by atoms with Gasteiger partial charge >= 0.3 is 5.97 Å². The fourth-order valence-electron chi connectivity index (χ4n) is 3.62. The van der Waals surface area contributed by atoms with Crippen LogP contribution in [0.15, 0.2) is 72.8 Å². The Balaban J connectivity index is 1.66. The van der Waals surface area contributed by atoms with Crippen LogP contribution in [0, 0.1) is 0 Å². The van der Waals surface area contributed by atoms with Gasteiger partial charge in [-0.15, -0.1) is 10.2 Å². The van der Waals surface area contributed by atoms with Crippen molar-refractivity contribution in [2.75, 3.05) is 11.0 Å². The molecule has 33 heavy (non-hydrogen) atoms. The summed E-state index contributed by atoms with van der Waals surface area (Å²) in [4.78, 5) is 18.3. The van der Waals surface area contributed by atoms with Crippen LogP contribution in [0.2, 0.25) is 0 Å². The lowest BCUT2D eigenvalue weighted by atomic mass is 10.0. The molecule has 2 N–H and O–H groups in total. The molecular formula is C23H17N5O4S. The molecule has 0 spiro atoms. The van der Waals surface area contributed by atoms with Gasteiger partial charge in [0.25, 0.3) is 0 Å². The van der Waals surface area contributed by atoms with Crippen molar-refractivity contribution in [3.63, 3.8) is 0 Å². The predicted octanol–water partition coefficient (Wildman–Crippen LogP) is 3.71. The minimum absolute atomic E-state index is 0.0547. The number of hydrogen-bond acceptors (Lipinski definition) is 6. The Morgan fingerprint density at radius 3 is 2.30 bits per heavy atom. The van der Waals surface area contributed by atoms with Gasteiger partial charge in [0.05, 0.1) is 28.7 Å². The maximum absolute atomic E-state index is 12.2. The van der Waals surface area contributed by atoms with Gasteiger partial charge in [0, 0.05) is 16.6 Å². The molecule has 9 nitrogen and oxygen atoms in total. The van der Waals surface area contributed by atoms with E-state index in [1.807, 2.05) is 30.3 Å². The van der Waals surface area contributed by atoms with Gasteiger partial charge in [-0.25, -0.2) is 18.2 Å². The van der Waals surface area contributed by atoms with Gasteiger partial charge in [-0.1, -0.05) is 30.3 Å². The summed E-state index contributed by atoms with van der Waals surface area (Å²) in [5.41, 5.74) is 3.77. The number of carboxylic acid groups (broad SMARTS) is 1. The van der Waals surface area contributed by atoms with Crippen molar-refractivity contribution in [1.29, 1.82) is 0 Å². The van der Waals surface area contributed by atoms with E-state index < -0.39 is 16.0 Å². The molecule has 3 aromatic carbocycles. The SMILES string of the molecule is CS(=O)(=O)Nc1ccc(-c2cc(C(=O)O)c3c(ccc4nn(-c5ccccc5)nc43)n2)cc1. The van der Waals surface area contributed by atoms with Gasteiger partial charge < -0.3 is 5.11 Å². The highest BCUT2D eigenvalue weighted by molar-refractivity contribution is 7.92. The molecule has 2 aromatic heterocycles. The van der Waals surface area contributed by atoms with Crippen molar-refractivity contribution >= 4 is 43.6 Å². The highest BCUT2D eigenvalue weighted by Crippen LogP contribution is 2.30. The van der Waals surface area contributed by atoms with E-state index >= 15 is 0 Å². The largest absolute Gasteiger partial charge is 0.478 e. The van der Waals surface area contributed by atoms with Gasteiger partial charge in [-0.2, -0.15) is 4.80 Å². The average molecular weight is 459 g/mol. The van der Waals surface area contributed by atoms with E-state index in [1.54, 1.807) is 36.4 Å². The number of benzene rings is 3. The van der Waals surface area contributed by atoms with Crippen LogP contribution in [0.3, 0.4) is 0 Å². The Bertz CT molecular complexity index is 1630. The zero-order valence-electron chi connectivity index (χ0n) is 17.3. The summed E-state index contributed by atoms with van der Waals surface area (Å²) in [5.74, 6) is -1.11. The highest BCUT2D eigenvalue weighted by Gasteiger charge is 2.18. The molecule has 2 heterocycles. The molecule has 0 aliphatic heterocycles. The van der Waals surface area contributed by atoms with Crippen LogP contribution < -0.4 is 4.72 Å². The van der Waals surface area contributed by atoms with E-state index in [9.17, 15) is 18.3 Å². The zero-order chi connectivity index (χ0) is 23.2. The first-order valence-corrected chi connectivity index (χ1v) is 11.8. The summed E-state index contributed by atoms with van der Waals surface area (Å²) in [6, 6.07) is 20.9. The number of nitrogens with one attached hydrogen (secondary N) is 1. The fraction of sp³-hybridized carbons (Fsp3) is 0.0435. The molecule has 0 atom stereocenters. The number of pyridine rings is 1. The van der Waals surface area contributed by atoms with Crippen LogP contribution in [0.1, 0.15) is 10.4 Å². The topological polar surface area (TPSA) is 127 Å². The van der Waals surface area contributed by atoms with E-state index in [-0.39, 0.29) is 5.56 Å². The van der Waals surface area contributed by atoms with Gasteiger partial charge in [0.2, 0.25) is 10.0 Å². The molecule has 0 fully saturated rings. The Hall–Kier alpha value is -4.31. The average Bonchev–Trinajstić information content (AvgIpc) is 3.23. The number of para-hydroxylation sites is 1. The summed E-state index contributed by atoms with van der Waals surface area (Å²) >= 11 is 0. The van der Waals surface area contributed by atoms with Crippen LogP contribution in [-0.2, 0) is 10.0 Å². The third kappa shape index (κ3) is 3.99. The molecule has 0 saturated heterocycles. The Labute approximate surface area is 188 Å². The molecule has 0 aliphatic carbocycles. The van der Waals surface area contributed by atoms with Crippen LogP contribution >= 0.6 is 0 Å². The van der Waals surface area contributed by atoms with Gasteiger partial charge in [0.15, 0.2) is 0 Å². The minimum Gasteiger partial charge on any atom is -0.478 e. The number of fused-ring (bicyclic) bond motifs is 3. The molecule has 0 radical (unpaired) electrons. The molecule has 10 heteroatoms. The normalized spacial score (nSPS) is 11.7. The van der Waals surface area contributed by atoms with Gasteiger partial charge in [-0.05, 0) is 42.5 Å².